The minimum absolute atomic E-state index is 0. The minimum Gasteiger partial charge on any atom is -0.369 e. The first-order chi connectivity index (χ1) is 7.77. The Morgan fingerprint density at radius 2 is 2.06 bits per heavy atom. The molecule has 2 rings (SSSR count). The van der Waals surface area contributed by atoms with E-state index < -0.39 is 0 Å². The van der Waals surface area contributed by atoms with E-state index in [4.69, 9.17) is 0 Å². The zero-order valence-corrected chi connectivity index (χ0v) is 10.8. The molecule has 0 fully saturated rings. The van der Waals surface area contributed by atoms with Gasteiger partial charge < -0.3 is 9.88 Å². The summed E-state index contributed by atoms with van der Waals surface area (Å²) in [5.74, 6) is 0.409. The van der Waals surface area contributed by atoms with E-state index in [0.29, 0.717) is 5.82 Å². The largest absolute Gasteiger partial charge is 0.369 e. The predicted molar refractivity (Wildman–Crippen MR) is 73.1 cm³/mol. The topological polar surface area (TPSA) is 46.9 Å². The van der Waals surface area contributed by atoms with Crippen molar-refractivity contribution >= 4 is 29.3 Å². The van der Waals surface area contributed by atoms with Gasteiger partial charge in [0.2, 0.25) is 0 Å². The van der Waals surface area contributed by atoms with Gasteiger partial charge in [0.25, 0.3) is 5.56 Å². The van der Waals surface area contributed by atoms with E-state index in [1.807, 2.05) is 24.3 Å². The fraction of sp³-hybridized carbons (Fsp3) is 0.333. The summed E-state index contributed by atoms with van der Waals surface area (Å²) in [6.07, 6.45) is 0.928. The zero-order valence-electron chi connectivity index (χ0n) is 9.93. The number of anilines is 1. The Labute approximate surface area is 106 Å². The fourth-order valence-electron chi connectivity index (χ4n) is 1.80. The molecular weight excluding hydrogens is 238 g/mol. The minimum atomic E-state index is -0.0527. The van der Waals surface area contributed by atoms with Gasteiger partial charge in [-0.1, -0.05) is 19.1 Å². The summed E-state index contributed by atoms with van der Waals surface area (Å²) in [5, 5.41) is 2.84. The number of halogens is 1. The second kappa shape index (κ2) is 5.68. The van der Waals surface area contributed by atoms with Crippen LogP contribution in [0.2, 0.25) is 0 Å². The zero-order chi connectivity index (χ0) is 11.5. The molecule has 0 radical (unpaired) electrons. The first-order valence-electron chi connectivity index (χ1n) is 5.45. The van der Waals surface area contributed by atoms with Crippen molar-refractivity contribution in [2.24, 2.45) is 0 Å². The smallest absolute Gasteiger partial charge is 0.293 e. The van der Waals surface area contributed by atoms with Crippen molar-refractivity contribution in [1.82, 2.24) is 9.55 Å². The third-order valence-corrected chi connectivity index (χ3v) is 2.54. The van der Waals surface area contributed by atoms with Crippen LogP contribution in [0.15, 0.2) is 29.1 Å². The van der Waals surface area contributed by atoms with Gasteiger partial charge in [0, 0.05) is 13.6 Å². The molecule has 1 heterocycles. The highest BCUT2D eigenvalue weighted by Gasteiger charge is 2.08. The molecule has 1 aromatic heterocycles. The molecule has 17 heavy (non-hydrogen) atoms. The third-order valence-electron chi connectivity index (χ3n) is 2.54. The molecule has 1 aromatic carbocycles. The molecule has 0 saturated heterocycles. The lowest BCUT2D eigenvalue weighted by Crippen LogP contribution is -2.24. The van der Waals surface area contributed by atoms with E-state index >= 15 is 0 Å². The van der Waals surface area contributed by atoms with Crippen molar-refractivity contribution in [3.8, 4) is 0 Å². The number of para-hydroxylation sites is 2. The molecule has 0 aliphatic rings. The molecule has 0 aliphatic heterocycles. The fourth-order valence-corrected chi connectivity index (χ4v) is 1.80. The Hall–Kier alpha value is -1.55. The number of rotatable bonds is 3. The van der Waals surface area contributed by atoms with Crippen molar-refractivity contribution in [3.05, 3.63) is 34.6 Å². The average Bonchev–Trinajstić information content (AvgIpc) is 2.32. The van der Waals surface area contributed by atoms with Crippen LogP contribution in [0, 0.1) is 0 Å². The van der Waals surface area contributed by atoms with Crippen LogP contribution in [0.1, 0.15) is 13.3 Å². The van der Waals surface area contributed by atoms with Crippen molar-refractivity contribution in [2.45, 2.75) is 19.9 Å². The van der Waals surface area contributed by atoms with Crippen LogP contribution in [0.5, 0.6) is 0 Å². The molecule has 0 unspecified atom stereocenters. The summed E-state index contributed by atoms with van der Waals surface area (Å²) in [4.78, 5) is 16.3. The van der Waals surface area contributed by atoms with Crippen LogP contribution >= 0.6 is 12.4 Å². The molecular formula is C12H16ClN3O. The SMILES string of the molecule is CCCn1c(=O)c(NC)nc2ccccc21.Cl. The highest BCUT2D eigenvalue weighted by atomic mass is 35.5. The molecule has 0 spiro atoms. The van der Waals surface area contributed by atoms with Gasteiger partial charge >= 0.3 is 0 Å². The van der Waals surface area contributed by atoms with Crippen molar-refractivity contribution in [1.29, 1.82) is 0 Å². The summed E-state index contributed by atoms with van der Waals surface area (Å²) in [6.45, 7) is 2.78. The highest BCUT2D eigenvalue weighted by molar-refractivity contribution is 5.85. The summed E-state index contributed by atoms with van der Waals surface area (Å²) in [7, 11) is 1.72. The van der Waals surface area contributed by atoms with Crippen LogP contribution in [0.4, 0.5) is 5.82 Å². The van der Waals surface area contributed by atoms with Gasteiger partial charge in [-0.3, -0.25) is 4.79 Å². The lowest BCUT2D eigenvalue weighted by molar-refractivity contribution is 0.676. The summed E-state index contributed by atoms with van der Waals surface area (Å²) in [6, 6.07) is 7.70. The first-order valence-corrected chi connectivity index (χ1v) is 5.45. The maximum atomic E-state index is 12.0. The number of fused-ring (bicyclic) bond motifs is 1. The van der Waals surface area contributed by atoms with E-state index in [0.717, 1.165) is 24.0 Å². The Morgan fingerprint density at radius 3 is 2.71 bits per heavy atom. The molecule has 0 atom stereocenters. The van der Waals surface area contributed by atoms with E-state index in [1.165, 1.54) is 0 Å². The van der Waals surface area contributed by atoms with Gasteiger partial charge in [-0.15, -0.1) is 12.4 Å². The average molecular weight is 254 g/mol. The van der Waals surface area contributed by atoms with Crippen molar-refractivity contribution < 1.29 is 0 Å². The van der Waals surface area contributed by atoms with Crippen LogP contribution in [-0.2, 0) is 6.54 Å². The van der Waals surface area contributed by atoms with Gasteiger partial charge in [-0.25, -0.2) is 4.98 Å². The second-order valence-electron chi connectivity index (χ2n) is 3.66. The molecule has 5 heteroatoms. The molecule has 92 valence electrons. The summed E-state index contributed by atoms with van der Waals surface area (Å²) < 4.78 is 1.77. The second-order valence-corrected chi connectivity index (χ2v) is 3.66. The lowest BCUT2D eigenvalue weighted by Gasteiger charge is -2.10. The van der Waals surface area contributed by atoms with Crippen LogP contribution in [0.25, 0.3) is 11.0 Å². The number of benzene rings is 1. The molecule has 1 N–H and O–H groups in total. The lowest BCUT2D eigenvalue weighted by atomic mass is 10.3. The first kappa shape index (κ1) is 13.5. The Bertz CT molecular complexity index is 565. The molecule has 4 nitrogen and oxygen atoms in total. The Kier molecular flexibility index (Phi) is 4.52. The predicted octanol–water partition coefficient (Wildman–Crippen LogP) is 2.27. The number of hydrogen-bond acceptors (Lipinski definition) is 3. The maximum absolute atomic E-state index is 12.0. The van der Waals surface area contributed by atoms with E-state index in [1.54, 1.807) is 11.6 Å². The van der Waals surface area contributed by atoms with Crippen molar-refractivity contribution in [2.75, 3.05) is 12.4 Å². The normalized spacial score (nSPS) is 10.0. The Balaban J connectivity index is 0.00000144. The summed E-state index contributed by atoms with van der Waals surface area (Å²) in [5.41, 5.74) is 1.69. The molecule has 0 bridgehead atoms. The van der Waals surface area contributed by atoms with Gasteiger partial charge in [-0.05, 0) is 18.6 Å². The van der Waals surface area contributed by atoms with Gasteiger partial charge in [0.1, 0.15) is 0 Å². The standard InChI is InChI=1S/C12H15N3O.ClH/c1-3-8-15-10-7-5-4-6-9(10)14-11(13-2)12(15)16;/h4-7H,3,8H2,1-2H3,(H,13,14);1H. The number of aryl methyl sites for hydroxylation is 1. The van der Waals surface area contributed by atoms with Gasteiger partial charge in [0.15, 0.2) is 5.82 Å². The molecule has 0 amide bonds. The number of hydrogen-bond donors (Lipinski definition) is 1. The Morgan fingerprint density at radius 1 is 1.35 bits per heavy atom. The van der Waals surface area contributed by atoms with Crippen molar-refractivity contribution in [3.63, 3.8) is 0 Å². The monoisotopic (exact) mass is 253 g/mol. The van der Waals surface area contributed by atoms with Gasteiger partial charge in [0.05, 0.1) is 11.0 Å². The number of nitrogens with zero attached hydrogens (tertiary/aromatic N) is 2. The van der Waals surface area contributed by atoms with E-state index in [9.17, 15) is 4.79 Å². The van der Waals surface area contributed by atoms with Crippen LogP contribution in [-0.4, -0.2) is 16.6 Å². The molecule has 0 aliphatic carbocycles. The molecule has 0 saturated carbocycles. The van der Waals surface area contributed by atoms with Crippen LogP contribution < -0.4 is 10.9 Å². The number of nitrogens with one attached hydrogen (secondary N) is 1. The van der Waals surface area contributed by atoms with Gasteiger partial charge in [-0.2, -0.15) is 0 Å². The highest BCUT2D eigenvalue weighted by Crippen LogP contribution is 2.11. The maximum Gasteiger partial charge on any atom is 0.293 e. The van der Waals surface area contributed by atoms with E-state index in [-0.39, 0.29) is 18.0 Å². The third kappa shape index (κ3) is 2.42. The summed E-state index contributed by atoms with van der Waals surface area (Å²) >= 11 is 0. The van der Waals surface area contributed by atoms with E-state index in [2.05, 4.69) is 17.2 Å². The molecule has 2 aromatic rings. The quantitative estimate of drug-likeness (QED) is 0.913. The number of aromatic nitrogens is 2. The van der Waals surface area contributed by atoms with Crippen LogP contribution in [0.3, 0.4) is 0 Å².